The predicted molar refractivity (Wildman–Crippen MR) is 81.3 cm³/mol. The molecule has 0 atom stereocenters. The Bertz CT molecular complexity index is 639. The van der Waals surface area contributed by atoms with Crippen molar-refractivity contribution in [2.24, 2.45) is 5.14 Å². The smallest absolute Gasteiger partial charge is 0.242 e. The molecule has 0 bridgehead atoms. The van der Waals surface area contributed by atoms with Crippen LogP contribution in [0, 0.1) is 0 Å². The van der Waals surface area contributed by atoms with Crippen molar-refractivity contribution in [2.75, 3.05) is 37.3 Å². The minimum absolute atomic E-state index is 0.0228. The first-order valence-electron chi connectivity index (χ1n) is 6.69. The minimum Gasteiger partial charge on any atom is -0.399 e. The van der Waals surface area contributed by atoms with E-state index in [1.807, 2.05) is 4.90 Å². The molecule has 1 aromatic rings. The quantitative estimate of drug-likeness (QED) is 0.759. The van der Waals surface area contributed by atoms with Gasteiger partial charge in [0.05, 0.1) is 11.4 Å². The zero-order valence-electron chi connectivity index (χ0n) is 11.9. The van der Waals surface area contributed by atoms with Crippen molar-refractivity contribution in [3.05, 3.63) is 18.2 Å². The summed E-state index contributed by atoms with van der Waals surface area (Å²) in [6.45, 7) is 1.74. The molecule has 0 unspecified atom stereocenters. The molecule has 0 spiro atoms. The molecule has 0 saturated carbocycles. The lowest BCUT2D eigenvalue weighted by Gasteiger charge is -2.23. The van der Waals surface area contributed by atoms with Gasteiger partial charge < -0.3 is 15.5 Å². The van der Waals surface area contributed by atoms with E-state index in [2.05, 4.69) is 0 Å². The van der Waals surface area contributed by atoms with Crippen LogP contribution in [-0.2, 0) is 14.8 Å². The zero-order valence-corrected chi connectivity index (χ0v) is 12.8. The molecular formula is C13H20N4O3S. The summed E-state index contributed by atoms with van der Waals surface area (Å²) in [5.74, 6) is 0.0228. The number of benzene rings is 1. The number of hydrogen-bond donors (Lipinski definition) is 2. The van der Waals surface area contributed by atoms with Crippen LogP contribution < -0.4 is 15.8 Å². The highest BCUT2D eigenvalue weighted by molar-refractivity contribution is 7.89. The van der Waals surface area contributed by atoms with Crippen molar-refractivity contribution in [1.29, 1.82) is 0 Å². The molecule has 0 aliphatic carbocycles. The van der Waals surface area contributed by atoms with E-state index in [9.17, 15) is 13.2 Å². The number of nitrogen functional groups attached to an aromatic ring is 1. The van der Waals surface area contributed by atoms with E-state index in [0.717, 1.165) is 25.9 Å². The molecule has 1 aliphatic rings. The van der Waals surface area contributed by atoms with Crippen molar-refractivity contribution in [3.63, 3.8) is 0 Å². The Hall–Kier alpha value is -1.80. The van der Waals surface area contributed by atoms with Gasteiger partial charge in [0, 0.05) is 31.5 Å². The fourth-order valence-electron chi connectivity index (χ4n) is 2.35. The molecule has 2 rings (SSSR count). The number of likely N-dealkylation sites (tertiary alicyclic amines) is 1. The van der Waals surface area contributed by atoms with Gasteiger partial charge >= 0.3 is 0 Å². The van der Waals surface area contributed by atoms with E-state index >= 15 is 0 Å². The number of rotatable bonds is 4. The maximum Gasteiger partial charge on any atom is 0.242 e. The Morgan fingerprint density at radius 3 is 2.48 bits per heavy atom. The van der Waals surface area contributed by atoms with Gasteiger partial charge in [0.1, 0.15) is 0 Å². The maximum absolute atomic E-state index is 12.1. The van der Waals surface area contributed by atoms with Gasteiger partial charge in [-0.1, -0.05) is 0 Å². The van der Waals surface area contributed by atoms with Gasteiger partial charge in [-0.2, -0.15) is 0 Å². The van der Waals surface area contributed by atoms with Crippen molar-refractivity contribution < 1.29 is 13.2 Å². The molecule has 7 nitrogen and oxygen atoms in total. The van der Waals surface area contributed by atoms with Crippen LogP contribution in [0.2, 0.25) is 0 Å². The summed E-state index contributed by atoms with van der Waals surface area (Å²) in [5, 5.41) is 5.12. The Morgan fingerprint density at radius 2 is 1.90 bits per heavy atom. The fourth-order valence-corrected chi connectivity index (χ4v) is 2.94. The van der Waals surface area contributed by atoms with Crippen LogP contribution in [0.1, 0.15) is 12.8 Å². The fraction of sp³-hybridized carbons (Fsp3) is 0.462. The van der Waals surface area contributed by atoms with Gasteiger partial charge in [-0.15, -0.1) is 0 Å². The summed E-state index contributed by atoms with van der Waals surface area (Å²) in [5.41, 5.74) is 6.54. The monoisotopic (exact) mass is 312 g/mol. The first-order chi connectivity index (χ1) is 9.77. The van der Waals surface area contributed by atoms with Crippen molar-refractivity contribution in [2.45, 2.75) is 17.7 Å². The molecule has 1 saturated heterocycles. The highest BCUT2D eigenvalue weighted by atomic mass is 32.2. The molecule has 0 aromatic heterocycles. The van der Waals surface area contributed by atoms with Gasteiger partial charge in [-0.3, -0.25) is 4.79 Å². The lowest BCUT2D eigenvalue weighted by Crippen LogP contribution is -2.37. The largest absolute Gasteiger partial charge is 0.399 e. The number of hydrogen-bond acceptors (Lipinski definition) is 5. The standard InChI is InChI=1S/C13H20N4O3S/c1-16(9-13(18)17-4-2-3-5-17)11-6-10(14)7-12(8-11)21(15,19)20/h6-8H,2-5,9,14H2,1H3,(H2,15,19,20). The summed E-state index contributed by atoms with van der Waals surface area (Å²) in [4.78, 5) is 15.5. The van der Waals surface area contributed by atoms with E-state index < -0.39 is 10.0 Å². The molecule has 21 heavy (non-hydrogen) atoms. The maximum atomic E-state index is 12.1. The van der Waals surface area contributed by atoms with Crippen LogP contribution in [0.25, 0.3) is 0 Å². The first-order valence-corrected chi connectivity index (χ1v) is 8.24. The summed E-state index contributed by atoms with van der Waals surface area (Å²) in [6, 6.07) is 4.34. The lowest BCUT2D eigenvalue weighted by molar-refractivity contribution is -0.128. The molecule has 1 heterocycles. The second kappa shape index (κ2) is 5.90. The summed E-state index contributed by atoms with van der Waals surface area (Å²) in [6.07, 6.45) is 2.06. The van der Waals surface area contributed by atoms with Crippen molar-refractivity contribution in [1.82, 2.24) is 4.90 Å². The van der Waals surface area contributed by atoms with E-state index in [4.69, 9.17) is 10.9 Å². The van der Waals surface area contributed by atoms with Gasteiger partial charge in [0.15, 0.2) is 0 Å². The third-order valence-electron chi connectivity index (χ3n) is 3.51. The molecule has 1 aromatic carbocycles. The van der Waals surface area contributed by atoms with Crippen LogP contribution in [-0.4, -0.2) is 45.9 Å². The normalized spacial score (nSPS) is 15.2. The average molecular weight is 312 g/mol. The third kappa shape index (κ3) is 3.85. The number of anilines is 2. The topological polar surface area (TPSA) is 110 Å². The molecular weight excluding hydrogens is 292 g/mol. The van der Waals surface area contributed by atoms with Crippen LogP contribution in [0.15, 0.2) is 23.1 Å². The van der Waals surface area contributed by atoms with Crippen LogP contribution in [0.3, 0.4) is 0 Å². The number of nitrogens with zero attached hydrogens (tertiary/aromatic N) is 2. The van der Waals surface area contributed by atoms with Crippen LogP contribution >= 0.6 is 0 Å². The highest BCUT2D eigenvalue weighted by Gasteiger charge is 2.20. The minimum atomic E-state index is -3.83. The second-order valence-electron chi connectivity index (χ2n) is 5.25. The van der Waals surface area contributed by atoms with Gasteiger partial charge in [0.2, 0.25) is 15.9 Å². The van der Waals surface area contributed by atoms with Gasteiger partial charge in [-0.05, 0) is 31.0 Å². The number of nitrogens with two attached hydrogens (primary N) is 2. The van der Waals surface area contributed by atoms with E-state index in [0.29, 0.717) is 5.69 Å². The molecule has 1 aliphatic heterocycles. The van der Waals surface area contributed by atoms with Gasteiger partial charge in [-0.25, -0.2) is 13.6 Å². The van der Waals surface area contributed by atoms with E-state index in [-0.39, 0.29) is 23.0 Å². The second-order valence-corrected chi connectivity index (χ2v) is 6.81. The molecule has 1 amide bonds. The van der Waals surface area contributed by atoms with Gasteiger partial charge in [0.25, 0.3) is 0 Å². The SMILES string of the molecule is CN(CC(=O)N1CCCC1)c1cc(N)cc(S(N)(=O)=O)c1. The Labute approximate surface area is 124 Å². The number of carbonyl (C=O) groups excluding carboxylic acids is 1. The van der Waals surface area contributed by atoms with Crippen molar-refractivity contribution in [3.8, 4) is 0 Å². The third-order valence-corrected chi connectivity index (χ3v) is 4.41. The average Bonchev–Trinajstić information content (AvgIpc) is 2.90. The Morgan fingerprint density at radius 1 is 1.29 bits per heavy atom. The molecule has 8 heteroatoms. The number of likely N-dealkylation sites (N-methyl/N-ethyl adjacent to an activating group) is 1. The molecule has 0 radical (unpaired) electrons. The Balaban J connectivity index is 2.17. The number of carbonyl (C=O) groups is 1. The summed E-state index contributed by atoms with van der Waals surface area (Å²) >= 11 is 0. The Kier molecular flexibility index (Phi) is 4.38. The summed E-state index contributed by atoms with van der Waals surface area (Å²) < 4.78 is 22.8. The summed E-state index contributed by atoms with van der Waals surface area (Å²) in [7, 11) is -2.11. The predicted octanol–water partition coefficient (Wildman–Crippen LogP) is -0.0252. The molecule has 4 N–H and O–H groups in total. The van der Waals surface area contributed by atoms with E-state index in [1.165, 1.54) is 12.1 Å². The number of primary sulfonamides is 1. The first kappa shape index (κ1) is 15.6. The van der Waals surface area contributed by atoms with E-state index in [1.54, 1.807) is 18.0 Å². The van der Waals surface area contributed by atoms with Crippen molar-refractivity contribution >= 4 is 27.3 Å². The molecule has 116 valence electrons. The lowest BCUT2D eigenvalue weighted by atomic mass is 10.2. The van der Waals surface area contributed by atoms with Crippen LogP contribution in [0.4, 0.5) is 11.4 Å². The van der Waals surface area contributed by atoms with Crippen LogP contribution in [0.5, 0.6) is 0 Å². The molecule has 1 fully saturated rings. The zero-order chi connectivity index (χ0) is 15.6. The highest BCUT2D eigenvalue weighted by Crippen LogP contribution is 2.22. The number of amides is 1. The number of sulfonamides is 1.